The number of anilines is 1. The van der Waals surface area contributed by atoms with E-state index >= 15 is 0 Å². The fourth-order valence-electron chi connectivity index (χ4n) is 4.87. The zero-order valence-corrected chi connectivity index (χ0v) is 27.6. The van der Waals surface area contributed by atoms with Crippen molar-refractivity contribution in [1.29, 1.82) is 0 Å². The first-order valence-corrected chi connectivity index (χ1v) is 15.8. The van der Waals surface area contributed by atoms with Crippen molar-refractivity contribution < 1.29 is 19.3 Å². The van der Waals surface area contributed by atoms with Gasteiger partial charge < -0.3 is 15.8 Å². The van der Waals surface area contributed by atoms with Gasteiger partial charge in [-0.1, -0.05) is 71.2 Å². The van der Waals surface area contributed by atoms with Crippen LogP contribution in [0, 0.1) is 26.8 Å². The number of morpholine rings is 2. The smallest absolute Gasteiger partial charge is 0.329 e. The van der Waals surface area contributed by atoms with E-state index in [-0.39, 0.29) is 26.7 Å². The minimum Gasteiger partial charge on any atom is -0.379 e. The molecule has 4 heterocycles. The van der Waals surface area contributed by atoms with Gasteiger partial charge in [-0.3, -0.25) is 30.0 Å². The summed E-state index contributed by atoms with van der Waals surface area (Å²) in [5.41, 5.74) is 6.44. The molecular weight excluding hydrogens is 675 g/mol. The Bertz CT molecular complexity index is 1670. The Morgan fingerprint density at radius 2 is 1.40 bits per heavy atom. The van der Waals surface area contributed by atoms with Gasteiger partial charge >= 0.3 is 11.4 Å². The molecule has 0 radical (unpaired) electrons. The maximum Gasteiger partial charge on any atom is 0.329 e. The Kier molecular flexibility index (Phi) is 13.9. The van der Waals surface area contributed by atoms with Gasteiger partial charge in [0.15, 0.2) is 6.54 Å². The summed E-state index contributed by atoms with van der Waals surface area (Å²) in [5.74, 6) is 0. The number of aromatic nitrogens is 2. The SMILES string of the molecule is NCCN1C[CH+]OCC1.O=[N+]([O-])c1c(Cl)nc2ccccc2c1Cl.O=[N+]([O-])c1c(Cl)nc2ccccc2c1NCCN1CCOCC1. The normalized spacial score (nSPS) is 15.1. The standard InChI is InChI=1S/C15H17ClN4O3.C9H4Cl2N2O2.C6H13N2O/c16-15-14(20(21)22)13(11-3-1-2-4-12(11)18-15)17-5-6-19-7-9-23-10-8-19;10-7-5-3-1-2-4-6(5)12-9(11)8(7)13(14)15;7-1-2-8-3-5-9-6-4-8/h1-4H,5-10H2,(H,17,18);1-4H;5H,1-4,6-7H2/q;;+1. The van der Waals surface area contributed by atoms with Crippen molar-refractivity contribution in [3.8, 4) is 0 Å². The first-order chi connectivity index (χ1) is 22.7. The third-order valence-electron chi connectivity index (χ3n) is 7.21. The number of halogens is 3. The summed E-state index contributed by atoms with van der Waals surface area (Å²) in [7, 11) is 0. The predicted octanol–water partition coefficient (Wildman–Crippen LogP) is 5.43. The second kappa shape index (κ2) is 18.1. The molecule has 2 aliphatic rings. The Balaban J connectivity index is 0.000000178. The Morgan fingerprint density at radius 3 is 2.00 bits per heavy atom. The number of nitrogens with zero attached hydrogens (tertiary/aromatic N) is 6. The molecule has 0 unspecified atom stereocenters. The molecular formula is C30H34Cl3N8O6+. The van der Waals surface area contributed by atoms with Crippen molar-refractivity contribution in [1.82, 2.24) is 19.8 Å². The zero-order chi connectivity index (χ0) is 33.8. The number of hydrogen-bond acceptors (Lipinski definition) is 12. The van der Waals surface area contributed by atoms with Crippen LogP contribution in [0.5, 0.6) is 0 Å². The topological polar surface area (TPSA) is 175 Å². The highest BCUT2D eigenvalue weighted by atomic mass is 35.5. The average Bonchev–Trinajstić information content (AvgIpc) is 3.06. The van der Waals surface area contributed by atoms with Gasteiger partial charge in [0, 0.05) is 56.6 Å². The molecule has 0 atom stereocenters. The molecule has 2 aromatic carbocycles. The monoisotopic (exact) mass is 707 g/mol. The fraction of sp³-hybridized carbons (Fsp3) is 0.367. The number of pyridine rings is 2. The third kappa shape index (κ3) is 9.95. The number of hydrogen-bond donors (Lipinski definition) is 2. The van der Waals surface area contributed by atoms with E-state index < -0.39 is 9.85 Å². The van der Waals surface area contributed by atoms with Crippen LogP contribution in [0.2, 0.25) is 15.3 Å². The van der Waals surface area contributed by atoms with E-state index in [1.807, 2.05) is 24.8 Å². The minimum absolute atomic E-state index is 0.0237. The first-order valence-electron chi connectivity index (χ1n) is 14.7. The highest BCUT2D eigenvalue weighted by Crippen LogP contribution is 2.37. The molecule has 0 bridgehead atoms. The van der Waals surface area contributed by atoms with Crippen molar-refractivity contribution >= 4 is 73.7 Å². The number of fused-ring (bicyclic) bond motifs is 2. The molecule has 250 valence electrons. The van der Waals surface area contributed by atoms with Gasteiger partial charge in [-0.15, -0.1) is 0 Å². The molecule has 2 saturated heterocycles. The van der Waals surface area contributed by atoms with Crippen LogP contribution in [-0.2, 0) is 9.47 Å². The van der Waals surface area contributed by atoms with Crippen LogP contribution < -0.4 is 11.1 Å². The Morgan fingerprint density at radius 1 is 0.830 bits per heavy atom. The number of benzene rings is 2. The summed E-state index contributed by atoms with van der Waals surface area (Å²) >= 11 is 17.6. The predicted molar refractivity (Wildman–Crippen MR) is 183 cm³/mol. The van der Waals surface area contributed by atoms with Crippen LogP contribution >= 0.6 is 34.8 Å². The molecule has 0 aliphatic carbocycles. The van der Waals surface area contributed by atoms with Gasteiger partial charge in [0.25, 0.3) is 0 Å². The highest BCUT2D eigenvalue weighted by molar-refractivity contribution is 6.41. The summed E-state index contributed by atoms with van der Waals surface area (Å²) in [6.07, 6.45) is 0. The lowest BCUT2D eigenvalue weighted by atomic mass is 10.1. The first kappa shape index (κ1) is 36.2. The number of nitrogens with one attached hydrogen (secondary N) is 1. The minimum atomic E-state index is -0.635. The van der Waals surface area contributed by atoms with E-state index in [4.69, 9.17) is 50.0 Å². The molecule has 0 amide bonds. The number of nitrogens with two attached hydrogens (primary N) is 1. The molecule has 17 heteroatoms. The summed E-state index contributed by atoms with van der Waals surface area (Å²) in [6.45, 7) is 10.9. The Labute approximate surface area is 286 Å². The van der Waals surface area contributed by atoms with Gasteiger partial charge in [-0.2, -0.15) is 4.74 Å². The molecule has 2 aromatic heterocycles. The number of nitro groups is 2. The highest BCUT2D eigenvalue weighted by Gasteiger charge is 2.24. The van der Waals surface area contributed by atoms with E-state index in [2.05, 4.69) is 25.1 Å². The summed E-state index contributed by atoms with van der Waals surface area (Å²) in [4.78, 5) is 33.5. The lowest BCUT2D eigenvalue weighted by molar-refractivity contribution is -0.384. The van der Waals surface area contributed by atoms with E-state index in [1.165, 1.54) is 0 Å². The summed E-state index contributed by atoms with van der Waals surface area (Å²) in [6, 6.07) is 14.1. The maximum atomic E-state index is 11.4. The van der Waals surface area contributed by atoms with Gasteiger partial charge in [-0.05, 0) is 12.1 Å². The molecule has 14 nitrogen and oxygen atoms in total. The van der Waals surface area contributed by atoms with Crippen molar-refractivity contribution in [3.63, 3.8) is 0 Å². The van der Waals surface area contributed by atoms with Crippen LogP contribution in [0.25, 0.3) is 21.8 Å². The van der Waals surface area contributed by atoms with Crippen LogP contribution in [0.15, 0.2) is 48.5 Å². The van der Waals surface area contributed by atoms with E-state index in [0.29, 0.717) is 34.0 Å². The lowest BCUT2D eigenvalue weighted by Gasteiger charge is -2.26. The van der Waals surface area contributed by atoms with E-state index in [1.54, 1.807) is 30.3 Å². The largest absolute Gasteiger partial charge is 0.379 e. The van der Waals surface area contributed by atoms with E-state index in [9.17, 15) is 20.2 Å². The number of ether oxygens (including phenoxy) is 2. The number of para-hydroxylation sites is 2. The Hall–Kier alpha value is -3.60. The van der Waals surface area contributed by atoms with E-state index in [0.717, 1.165) is 65.6 Å². The lowest BCUT2D eigenvalue weighted by Crippen LogP contribution is -2.39. The number of rotatable bonds is 8. The molecule has 4 aromatic rings. The molecule has 0 spiro atoms. The molecule has 6 rings (SSSR count). The quantitative estimate of drug-likeness (QED) is 0.103. The van der Waals surface area contributed by atoms with Crippen molar-refractivity contribution in [3.05, 3.63) is 90.7 Å². The van der Waals surface area contributed by atoms with Gasteiger partial charge in [-0.25, -0.2) is 9.97 Å². The second-order valence-corrected chi connectivity index (χ2v) is 11.3. The molecule has 2 fully saturated rings. The van der Waals surface area contributed by atoms with Crippen LogP contribution in [0.3, 0.4) is 0 Å². The van der Waals surface area contributed by atoms with Gasteiger partial charge in [0.1, 0.15) is 17.3 Å². The van der Waals surface area contributed by atoms with Gasteiger partial charge in [0.2, 0.25) is 16.9 Å². The third-order valence-corrected chi connectivity index (χ3v) is 8.12. The average molecular weight is 709 g/mol. The molecule has 2 aliphatic heterocycles. The maximum absolute atomic E-state index is 11.4. The van der Waals surface area contributed by atoms with Crippen molar-refractivity contribution in [2.45, 2.75) is 0 Å². The van der Waals surface area contributed by atoms with Crippen LogP contribution in [-0.4, -0.2) is 102 Å². The molecule has 3 N–H and O–H groups in total. The molecule has 47 heavy (non-hydrogen) atoms. The van der Waals surface area contributed by atoms with Gasteiger partial charge in [0.05, 0.1) is 34.1 Å². The molecule has 0 saturated carbocycles. The summed E-state index contributed by atoms with van der Waals surface area (Å²) < 4.78 is 10.3. The van der Waals surface area contributed by atoms with Crippen molar-refractivity contribution in [2.24, 2.45) is 5.73 Å². The summed E-state index contributed by atoms with van der Waals surface area (Å²) in [5, 5.41) is 26.2. The van der Waals surface area contributed by atoms with Crippen LogP contribution in [0.1, 0.15) is 0 Å². The fourth-order valence-corrected chi connectivity index (χ4v) is 5.75. The second-order valence-electron chi connectivity index (χ2n) is 10.2. The zero-order valence-electron chi connectivity index (χ0n) is 25.3. The van der Waals surface area contributed by atoms with Crippen molar-refractivity contribution in [2.75, 3.05) is 77.5 Å². The van der Waals surface area contributed by atoms with Crippen LogP contribution in [0.4, 0.5) is 17.1 Å².